The summed E-state index contributed by atoms with van der Waals surface area (Å²) in [6, 6.07) is 0.291. The summed E-state index contributed by atoms with van der Waals surface area (Å²) in [5.74, 6) is 4.72. The molecule has 0 unspecified atom stereocenters. The largest absolute Gasteiger partial charge is 0.415 e. The highest BCUT2D eigenvalue weighted by Gasteiger charge is 2.54. The van der Waals surface area contributed by atoms with Gasteiger partial charge in [0.15, 0.2) is 0 Å². The van der Waals surface area contributed by atoms with E-state index in [2.05, 4.69) is 29.4 Å². The Hall–Kier alpha value is -1.04. The van der Waals surface area contributed by atoms with E-state index in [0.29, 0.717) is 23.1 Å². The maximum atomic E-state index is 12.8. The fourth-order valence-corrected chi connectivity index (χ4v) is 7.83. The molecule has 5 nitrogen and oxygen atoms in total. The average molecular weight is 418 g/mol. The molecule has 5 fully saturated rings. The Morgan fingerprint density at radius 2 is 1.76 bits per heavy atom. The number of amides is 1. The molecule has 0 radical (unpaired) electrons. The summed E-state index contributed by atoms with van der Waals surface area (Å²) in [6.45, 7) is 6.51. The smallest absolute Gasteiger partial charge is 0.277 e. The van der Waals surface area contributed by atoms with Crippen LogP contribution in [0.25, 0.3) is 0 Å². The van der Waals surface area contributed by atoms with Crippen molar-refractivity contribution in [1.29, 1.82) is 0 Å². The topological polar surface area (TPSA) is 68.0 Å². The second-order valence-corrected chi connectivity index (χ2v) is 12.0. The third-order valence-electron chi connectivity index (χ3n) is 8.58. The van der Waals surface area contributed by atoms with E-state index in [-0.39, 0.29) is 16.6 Å². The normalized spacial score (nSPS) is 42.0. The van der Waals surface area contributed by atoms with Crippen molar-refractivity contribution < 1.29 is 9.21 Å². The maximum Gasteiger partial charge on any atom is 0.277 e. The predicted molar refractivity (Wildman–Crippen MR) is 114 cm³/mol. The van der Waals surface area contributed by atoms with Crippen molar-refractivity contribution in [2.75, 3.05) is 0 Å². The summed E-state index contributed by atoms with van der Waals surface area (Å²) >= 11 is 1.41. The lowest BCUT2D eigenvalue weighted by Crippen LogP contribution is -2.48. The first-order chi connectivity index (χ1) is 13.9. The molecule has 160 valence electrons. The molecule has 4 bridgehead atoms. The number of rotatable bonds is 5. The van der Waals surface area contributed by atoms with E-state index in [1.54, 1.807) is 0 Å². The number of carbonyl (C=O) groups is 1. The Bertz CT molecular complexity index is 728. The molecule has 4 atom stereocenters. The van der Waals surface area contributed by atoms with Crippen LogP contribution in [0.3, 0.4) is 0 Å². The van der Waals surface area contributed by atoms with Crippen molar-refractivity contribution in [2.24, 2.45) is 29.6 Å². The van der Waals surface area contributed by atoms with Crippen molar-refractivity contribution in [3.8, 4) is 0 Å². The van der Waals surface area contributed by atoms with Crippen molar-refractivity contribution in [2.45, 2.75) is 100 Å². The number of nitrogens with zero attached hydrogens (tertiary/aromatic N) is 2. The molecule has 0 aromatic carbocycles. The lowest BCUT2D eigenvalue weighted by atomic mass is 9.49. The van der Waals surface area contributed by atoms with Gasteiger partial charge in [-0.05, 0) is 81.5 Å². The first-order valence-corrected chi connectivity index (χ1v) is 12.6. The summed E-state index contributed by atoms with van der Waals surface area (Å²) in [5.41, 5.74) is 0.125. The second-order valence-electron chi connectivity index (χ2n) is 10.7. The number of aromatic nitrogens is 2. The van der Waals surface area contributed by atoms with Crippen LogP contribution in [-0.4, -0.2) is 27.4 Å². The summed E-state index contributed by atoms with van der Waals surface area (Å²) in [5, 5.41) is 12.4. The van der Waals surface area contributed by atoms with Crippen LogP contribution in [0.1, 0.15) is 84.4 Å². The molecule has 5 saturated carbocycles. The first kappa shape index (κ1) is 19.9. The Morgan fingerprint density at radius 3 is 2.41 bits per heavy atom. The number of hydrogen-bond donors (Lipinski definition) is 1. The molecule has 5 aliphatic rings. The van der Waals surface area contributed by atoms with Crippen LogP contribution in [-0.2, 0) is 10.2 Å². The second kappa shape index (κ2) is 7.58. The molecule has 1 heterocycles. The molecular formula is C23H35N3O2S. The number of nitrogens with one attached hydrogen (secondary N) is 1. The maximum absolute atomic E-state index is 12.8. The lowest BCUT2D eigenvalue weighted by molar-refractivity contribution is -0.121. The van der Waals surface area contributed by atoms with Crippen molar-refractivity contribution >= 4 is 17.7 Å². The minimum absolute atomic E-state index is 0.0931. The van der Waals surface area contributed by atoms with E-state index >= 15 is 0 Å². The van der Waals surface area contributed by atoms with E-state index in [0.717, 1.165) is 30.1 Å². The van der Waals surface area contributed by atoms with E-state index in [9.17, 15) is 4.79 Å². The zero-order valence-electron chi connectivity index (χ0n) is 18.0. The fraction of sp³-hybridized carbons (Fsp3) is 0.870. The van der Waals surface area contributed by atoms with Crippen LogP contribution in [0.5, 0.6) is 0 Å². The highest BCUT2D eigenvalue weighted by molar-refractivity contribution is 8.00. The molecular weight excluding hydrogens is 382 g/mol. The SMILES string of the molecule is C[C@@H]1[C@H](C)CCC[C@@H]1NC(=O)[C@@H](C)Sc1nnc(C23CC4CC(CC(C4)C2)C3)o1. The van der Waals surface area contributed by atoms with Gasteiger partial charge in [0.25, 0.3) is 5.22 Å². The molecule has 29 heavy (non-hydrogen) atoms. The van der Waals surface area contributed by atoms with Gasteiger partial charge >= 0.3 is 0 Å². The van der Waals surface area contributed by atoms with Crippen molar-refractivity contribution in [3.63, 3.8) is 0 Å². The quantitative estimate of drug-likeness (QED) is 0.686. The Morgan fingerprint density at radius 1 is 1.10 bits per heavy atom. The Kier molecular flexibility index (Phi) is 5.20. The highest BCUT2D eigenvalue weighted by atomic mass is 32.2. The van der Waals surface area contributed by atoms with E-state index < -0.39 is 0 Å². The summed E-state index contributed by atoms with van der Waals surface area (Å²) < 4.78 is 6.18. The molecule has 0 spiro atoms. The standard InChI is InChI=1S/C23H35N3O2S/c1-13-5-4-6-19(14(13)2)24-20(27)15(3)29-22-26-25-21(28-22)23-10-16-7-17(11-23)9-18(8-16)12-23/h13-19H,4-12H2,1-3H3,(H,24,27)/t13-,14-,15-,16?,17?,18?,19+,23?/m1/s1. The van der Waals surface area contributed by atoms with Crippen LogP contribution in [0.4, 0.5) is 0 Å². The fourth-order valence-electron chi connectivity index (χ4n) is 7.13. The van der Waals surface area contributed by atoms with Crippen LogP contribution in [0.15, 0.2) is 9.64 Å². The number of carbonyl (C=O) groups excluding carboxylic acids is 1. The number of hydrogen-bond acceptors (Lipinski definition) is 5. The molecule has 5 aliphatic carbocycles. The molecule has 1 N–H and O–H groups in total. The zero-order chi connectivity index (χ0) is 20.2. The molecule has 0 saturated heterocycles. The molecule has 1 aromatic rings. The van der Waals surface area contributed by atoms with Crippen LogP contribution in [0, 0.1) is 29.6 Å². The minimum atomic E-state index is -0.218. The van der Waals surface area contributed by atoms with Gasteiger partial charge in [0, 0.05) is 11.5 Å². The molecule has 0 aliphatic heterocycles. The van der Waals surface area contributed by atoms with Crippen molar-refractivity contribution in [3.05, 3.63) is 5.89 Å². The first-order valence-electron chi connectivity index (χ1n) is 11.7. The summed E-state index contributed by atoms with van der Waals surface area (Å²) in [6.07, 6.45) is 11.4. The molecule has 1 amide bonds. The van der Waals surface area contributed by atoms with Crippen LogP contribution < -0.4 is 5.32 Å². The van der Waals surface area contributed by atoms with Crippen LogP contribution >= 0.6 is 11.8 Å². The van der Waals surface area contributed by atoms with E-state index in [4.69, 9.17) is 4.42 Å². The van der Waals surface area contributed by atoms with Gasteiger partial charge in [-0.15, -0.1) is 10.2 Å². The predicted octanol–water partition coefficient (Wildman–Crippen LogP) is 4.96. The Balaban J connectivity index is 1.22. The van der Waals surface area contributed by atoms with Gasteiger partial charge in [-0.3, -0.25) is 4.79 Å². The average Bonchev–Trinajstić information content (AvgIpc) is 3.14. The third kappa shape index (κ3) is 3.75. The van der Waals surface area contributed by atoms with E-state index in [1.807, 2.05) is 6.92 Å². The number of thioether (sulfide) groups is 1. The minimum Gasteiger partial charge on any atom is -0.415 e. The van der Waals surface area contributed by atoms with Crippen molar-refractivity contribution in [1.82, 2.24) is 15.5 Å². The lowest BCUT2D eigenvalue weighted by Gasteiger charge is -2.55. The van der Waals surface area contributed by atoms with Gasteiger partial charge < -0.3 is 9.73 Å². The van der Waals surface area contributed by atoms with Gasteiger partial charge in [0.05, 0.1) is 5.25 Å². The third-order valence-corrected chi connectivity index (χ3v) is 9.51. The molecule has 1 aromatic heterocycles. The van der Waals surface area contributed by atoms with Crippen LogP contribution in [0.2, 0.25) is 0 Å². The van der Waals surface area contributed by atoms with Gasteiger partial charge in [-0.2, -0.15) is 0 Å². The van der Waals surface area contributed by atoms with Gasteiger partial charge in [-0.25, -0.2) is 0 Å². The summed E-state index contributed by atoms with van der Waals surface area (Å²) in [4.78, 5) is 12.8. The molecule has 6 rings (SSSR count). The summed E-state index contributed by atoms with van der Waals surface area (Å²) in [7, 11) is 0. The Labute approximate surface area is 178 Å². The van der Waals surface area contributed by atoms with Gasteiger partial charge in [-0.1, -0.05) is 38.5 Å². The zero-order valence-corrected chi connectivity index (χ0v) is 18.8. The van der Waals surface area contributed by atoms with Gasteiger partial charge in [0.2, 0.25) is 11.8 Å². The van der Waals surface area contributed by atoms with E-state index in [1.165, 1.54) is 63.1 Å². The highest BCUT2D eigenvalue weighted by Crippen LogP contribution is 2.60. The monoisotopic (exact) mass is 417 g/mol. The van der Waals surface area contributed by atoms with Gasteiger partial charge in [0.1, 0.15) is 0 Å². The molecule has 6 heteroatoms.